The van der Waals surface area contributed by atoms with E-state index in [9.17, 15) is 23.3 Å². The lowest BCUT2D eigenvalue weighted by Gasteiger charge is -2.09. The average molecular weight is 443 g/mol. The van der Waals surface area contributed by atoms with Crippen molar-refractivity contribution in [2.45, 2.75) is 11.8 Å². The Morgan fingerprint density at radius 2 is 1.84 bits per heavy atom. The highest BCUT2D eigenvalue weighted by Crippen LogP contribution is 2.27. The van der Waals surface area contributed by atoms with E-state index < -0.39 is 14.8 Å². The Hall–Kier alpha value is -3.73. The summed E-state index contributed by atoms with van der Waals surface area (Å²) in [6.45, 7) is 2.22. The van der Waals surface area contributed by atoms with Crippen molar-refractivity contribution in [3.8, 4) is 5.69 Å². The molecule has 31 heavy (non-hydrogen) atoms. The van der Waals surface area contributed by atoms with E-state index in [4.69, 9.17) is 0 Å². The molecule has 3 aromatic rings. The molecular weight excluding hydrogens is 422 g/mol. The van der Waals surface area contributed by atoms with Crippen LogP contribution in [0.4, 0.5) is 11.4 Å². The van der Waals surface area contributed by atoms with Crippen LogP contribution in [0.5, 0.6) is 0 Å². The summed E-state index contributed by atoms with van der Waals surface area (Å²) < 4.78 is 24.9. The largest absolute Gasteiger partial charge is 0.378 e. The molecule has 0 unspecified atom stereocenters. The summed E-state index contributed by atoms with van der Waals surface area (Å²) in [5.41, 5.74) is 1.70. The molecule has 1 aromatic heterocycles. The number of aromatic nitrogens is 2. The third-order valence-corrected chi connectivity index (χ3v) is 5.55. The number of para-hydroxylation sites is 1. The van der Waals surface area contributed by atoms with Gasteiger partial charge in [0.25, 0.3) is 11.6 Å². The molecule has 0 aliphatic heterocycles. The Kier molecular flexibility index (Phi) is 6.35. The van der Waals surface area contributed by atoms with E-state index in [1.54, 1.807) is 10.7 Å². The Bertz CT molecular complexity index is 1220. The third-order valence-electron chi connectivity index (χ3n) is 4.44. The van der Waals surface area contributed by atoms with Crippen LogP contribution in [0.15, 0.2) is 59.5 Å². The standard InChI is InChI=1S/C20H21N5O5S/c1-14-12-18(23-24(14)15-6-4-3-5-7-15)20(26)22-11-10-21-17-9-8-16(31(2,29)30)13-19(17)25(27)28/h3-9,12-13,21H,10-11H2,1-2H3,(H,22,26). The van der Waals surface area contributed by atoms with E-state index in [-0.39, 0.29) is 41.0 Å². The lowest BCUT2D eigenvalue weighted by atomic mass is 10.2. The number of carbonyl (C=O) groups excluding carboxylic acids is 1. The molecule has 0 atom stereocenters. The topological polar surface area (TPSA) is 136 Å². The maximum absolute atomic E-state index is 12.4. The number of nitrogens with one attached hydrogen (secondary N) is 2. The molecule has 1 amide bonds. The van der Waals surface area contributed by atoms with Gasteiger partial charge >= 0.3 is 0 Å². The number of nitrogens with zero attached hydrogens (tertiary/aromatic N) is 3. The molecule has 0 radical (unpaired) electrons. The number of aryl methyl sites for hydroxylation is 1. The van der Waals surface area contributed by atoms with Crippen LogP contribution >= 0.6 is 0 Å². The number of rotatable bonds is 8. The number of nitro benzene ring substituents is 1. The molecule has 2 N–H and O–H groups in total. The third kappa shape index (κ3) is 5.25. The van der Waals surface area contributed by atoms with Crippen molar-refractivity contribution in [3.05, 3.63) is 76.1 Å². The fraction of sp³-hybridized carbons (Fsp3) is 0.200. The number of benzene rings is 2. The van der Waals surface area contributed by atoms with Crippen LogP contribution < -0.4 is 10.6 Å². The summed E-state index contributed by atoms with van der Waals surface area (Å²) in [6.07, 6.45) is 0.982. The molecule has 1 heterocycles. The predicted molar refractivity (Wildman–Crippen MR) is 115 cm³/mol. The van der Waals surface area contributed by atoms with Crippen molar-refractivity contribution in [2.24, 2.45) is 0 Å². The van der Waals surface area contributed by atoms with Gasteiger partial charge in [-0.25, -0.2) is 13.1 Å². The van der Waals surface area contributed by atoms with Gasteiger partial charge in [0.05, 0.1) is 15.5 Å². The Morgan fingerprint density at radius 3 is 2.48 bits per heavy atom. The van der Waals surface area contributed by atoms with Crippen molar-refractivity contribution in [1.29, 1.82) is 0 Å². The van der Waals surface area contributed by atoms with E-state index in [0.717, 1.165) is 23.7 Å². The molecule has 0 bridgehead atoms. The van der Waals surface area contributed by atoms with Gasteiger partial charge in [0.15, 0.2) is 15.5 Å². The zero-order chi connectivity index (χ0) is 22.6. The van der Waals surface area contributed by atoms with Gasteiger partial charge in [0, 0.05) is 31.1 Å². The molecule has 0 fully saturated rings. The highest BCUT2D eigenvalue weighted by Gasteiger charge is 2.19. The Labute approximate surface area is 179 Å². The first-order valence-corrected chi connectivity index (χ1v) is 11.2. The molecule has 0 saturated carbocycles. The second-order valence-electron chi connectivity index (χ2n) is 6.81. The summed E-state index contributed by atoms with van der Waals surface area (Å²) >= 11 is 0. The van der Waals surface area contributed by atoms with Gasteiger partial charge < -0.3 is 10.6 Å². The van der Waals surface area contributed by atoms with E-state index in [1.165, 1.54) is 12.1 Å². The summed E-state index contributed by atoms with van der Waals surface area (Å²) in [5, 5.41) is 21.1. The average Bonchev–Trinajstić information content (AvgIpc) is 3.12. The van der Waals surface area contributed by atoms with E-state index >= 15 is 0 Å². The van der Waals surface area contributed by atoms with E-state index in [2.05, 4.69) is 15.7 Å². The van der Waals surface area contributed by atoms with Gasteiger partial charge in [-0.2, -0.15) is 5.10 Å². The zero-order valence-corrected chi connectivity index (χ0v) is 17.7. The summed E-state index contributed by atoms with van der Waals surface area (Å²) in [5.74, 6) is -0.374. The molecule has 0 aliphatic rings. The maximum Gasteiger partial charge on any atom is 0.293 e. The van der Waals surface area contributed by atoms with Gasteiger partial charge in [-0.3, -0.25) is 14.9 Å². The summed E-state index contributed by atoms with van der Waals surface area (Å²) in [4.78, 5) is 22.9. The highest BCUT2D eigenvalue weighted by atomic mass is 32.2. The predicted octanol–water partition coefficient (Wildman–Crippen LogP) is 2.33. The van der Waals surface area contributed by atoms with Gasteiger partial charge in [-0.05, 0) is 37.3 Å². The van der Waals surface area contributed by atoms with Crippen molar-refractivity contribution in [2.75, 3.05) is 24.7 Å². The minimum atomic E-state index is -3.56. The van der Waals surface area contributed by atoms with Crippen LogP contribution in [0.1, 0.15) is 16.2 Å². The molecule has 10 nitrogen and oxygen atoms in total. The van der Waals surface area contributed by atoms with Crippen molar-refractivity contribution >= 4 is 27.1 Å². The normalized spacial score (nSPS) is 11.2. The number of nitro groups is 1. The number of sulfone groups is 1. The fourth-order valence-electron chi connectivity index (χ4n) is 2.92. The van der Waals surface area contributed by atoms with Crippen LogP contribution in [0, 0.1) is 17.0 Å². The van der Waals surface area contributed by atoms with Crippen LogP contribution in [0.3, 0.4) is 0 Å². The fourth-order valence-corrected chi connectivity index (χ4v) is 3.56. The van der Waals surface area contributed by atoms with Gasteiger partial charge in [-0.15, -0.1) is 0 Å². The number of amides is 1. The molecule has 162 valence electrons. The second-order valence-corrected chi connectivity index (χ2v) is 8.82. The minimum Gasteiger partial charge on any atom is -0.378 e. The van der Waals surface area contributed by atoms with Crippen molar-refractivity contribution in [3.63, 3.8) is 0 Å². The SMILES string of the molecule is Cc1cc(C(=O)NCCNc2ccc(S(C)(=O)=O)cc2[N+](=O)[O-])nn1-c1ccccc1. The Morgan fingerprint density at radius 1 is 1.13 bits per heavy atom. The minimum absolute atomic E-state index is 0.137. The number of hydrogen-bond acceptors (Lipinski definition) is 7. The van der Waals surface area contributed by atoms with E-state index in [0.29, 0.717) is 0 Å². The summed E-state index contributed by atoms with van der Waals surface area (Å²) in [6, 6.07) is 14.7. The van der Waals surface area contributed by atoms with Gasteiger partial charge in [0.2, 0.25) is 0 Å². The molecule has 0 saturated heterocycles. The van der Waals surface area contributed by atoms with Crippen LogP contribution in [0.2, 0.25) is 0 Å². The lowest BCUT2D eigenvalue weighted by Crippen LogP contribution is -2.29. The first kappa shape index (κ1) is 22.0. The first-order chi connectivity index (χ1) is 14.7. The molecule has 0 aliphatic carbocycles. The van der Waals surface area contributed by atoms with Crippen molar-refractivity contribution in [1.82, 2.24) is 15.1 Å². The summed E-state index contributed by atoms with van der Waals surface area (Å²) in [7, 11) is -3.56. The molecule has 2 aromatic carbocycles. The van der Waals surface area contributed by atoms with Crippen LogP contribution in [-0.4, -0.2) is 48.4 Å². The molecule has 0 spiro atoms. The first-order valence-electron chi connectivity index (χ1n) is 9.29. The second kappa shape index (κ2) is 8.96. The van der Waals surface area contributed by atoms with Gasteiger partial charge in [0.1, 0.15) is 5.69 Å². The number of anilines is 1. The van der Waals surface area contributed by atoms with E-state index in [1.807, 2.05) is 37.3 Å². The number of carbonyl (C=O) groups is 1. The monoisotopic (exact) mass is 443 g/mol. The highest BCUT2D eigenvalue weighted by molar-refractivity contribution is 7.90. The lowest BCUT2D eigenvalue weighted by molar-refractivity contribution is -0.384. The van der Waals surface area contributed by atoms with Crippen LogP contribution in [0.25, 0.3) is 5.69 Å². The smallest absolute Gasteiger partial charge is 0.293 e. The van der Waals surface area contributed by atoms with Crippen molar-refractivity contribution < 1.29 is 18.1 Å². The molecule has 3 rings (SSSR count). The van der Waals surface area contributed by atoms with Gasteiger partial charge in [-0.1, -0.05) is 18.2 Å². The molecular formula is C20H21N5O5S. The zero-order valence-electron chi connectivity index (χ0n) is 16.9. The Balaban J connectivity index is 1.61. The van der Waals surface area contributed by atoms with Crippen LogP contribution in [-0.2, 0) is 9.84 Å². The quantitative estimate of drug-likeness (QED) is 0.310. The number of hydrogen-bond donors (Lipinski definition) is 2. The molecule has 11 heteroatoms. The maximum atomic E-state index is 12.4.